The summed E-state index contributed by atoms with van der Waals surface area (Å²) >= 11 is 0. The van der Waals surface area contributed by atoms with Crippen LogP contribution in [0.3, 0.4) is 0 Å². The van der Waals surface area contributed by atoms with Gasteiger partial charge in [0.2, 0.25) is 15.9 Å². The second-order valence-corrected chi connectivity index (χ2v) is 11.4. The second-order valence-electron chi connectivity index (χ2n) is 9.41. The fraction of sp³-hybridized carbons (Fsp3) is 0.321. The summed E-state index contributed by atoms with van der Waals surface area (Å²) in [5.74, 6) is 0.338. The van der Waals surface area contributed by atoms with Gasteiger partial charge >= 0.3 is 0 Å². The number of fused-ring (bicyclic) bond motifs is 1. The Morgan fingerprint density at radius 2 is 1.65 bits per heavy atom. The van der Waals surface area contributed by atoms with E-state index in [2.05, 4.69) is 61.6 Å². The minimum atomic E-state index is -3.55. The van der Waals surface area contributed by atoms with Crippen LogP contribution in [-0.4, -0.2) is 31.7 Å². The third kappa shape index (κ3) is 4.28. The van der Waals surface area contributed by atoms with Gasteiger partial charge in [-0.05, 0) is 90.6 Å². The highest BCUT2D eigenvalue weighted by atomic mass is 32.2. The zero-order chi connectivity index (χ0) is 23.9. The fourth-order valence-electron chi connectivity index (χ4n) is 5.10. The average molecular weight is 475 g/mol. The molecule has 6 heteroatoms. The van der Waals surface area contributed by atoms with Gasteiger partial charge in [-0.1, -0.05) is 42.5 Å². The number of nitrogens with one attached hydrogen (secondary N) is 1. The Balaban J connectivity index is 1.27. The molecule has 0 saturated carbocycles. The smallest absolute Gasteiger partial charge is 0.243 e. The maximum atomic E-state index is 13.3. The van der Waals surface area contributed by atoms with Crippen molar-refractivity contribution in [1.29, 1.82) is 0 Å². The molecule has 0 atom stereocenters. The van der Waals surface area contributed by atoms with Crippen molar-refractivity contribution in [2.45, 2.75) is 50.3 Å². The highest BCUT2D eigenvalue weighted by Gasteiger charge is 2.31. The molecule has 1 N–H and O–H groups in total. The number of hydrogen-bond acceptors (Lipinski definition) is 3. The Labute approximate surface area is 201 Å². The summed E-state index contributed by atoms with van der Waals surface area (Å²) in [6.45, 7) is 5.32. The first kappa shape index (κ1) is 22.8. The number of sulfonamides is 1. The van der Waals surface area contributed by atoms with E-state index in [1.54, 1.807) is 22.5 Å². The van der Waals surface area contributed by atoms with Crippen molar-refractivity contribution in [1.82, 2.24) is 4.31 Å². The van der Waals surface area contributed by atoms with Crippen LogP contribution >= 0.6 is 0 Å². The van der Waals surface area contributed by atoms with E-state index in [1.807, 2.05) is 0 Å². The van der Waals surface area contributed by atoms with Crippen LogP contribution in [0.2, 0.25) is 0 Å². The van der Waals surface area contributed by atoms with Crippen molar-refractivity contribution in [3.05, 3.63) is 82.9 Å². The Bertz CT molecular complexity index is 1340. The van der Waals surface area contributed by atoms with E-state index in [0.717, 1.165) is 24.1 Å². The number of hydrogen-bond donors (Lipinski definition) is 1. The quantitative estimate of drug-likeness (QED) is 0.549. The number of carbonyl (C=O) groups excluding carboxylic acids is 1. The normalized spacial score (nSPS) is 17.3. The Hall–Kier alpha value is -2.96. The van der Waals surface area contributed by atoms with Crippen molar-refractivity contribution in [3.8, 4) is 11.1 Å². The van der Waals surface area contributed by atoms with Gasteiger partial charge < -0.3 is 5.32 Å². The van der Waals surface area contributed by atoms with Crippen molar-refractivity contribution in [3.63, 3.8) is 0 Å². The zero-order valence-corrected chi connectivity index (χ0v) is 20.5. The highest BCUT2D eigenvalue weighted by Crippen LogP contribution is 2.34. The van der Waals surface area contributed by atoms with Crippen molar-refractivity contribution >= 4 is 21.6 Å². The fourth-order valence-corrected chi connectivity index (χ4v) is 6.62. The average Bonchev–Trinajstić information content (AvgIpc) is 2.85. The predicted octanol–water partition coefficient (Wildman–Crippen LogP) is 5.42. The van der Waals surface area contributed by atoms with Gasteiger partial charge in [-0.3, -0.25) is 4.79 Å². The third-order valence-electron chi connectivity index (χ3n) is 7.36. The Morgan fingerprint density at radius 1 is 0.912 bits per heavy atom. The number of benzene rings is 3. The molecule has 1 saturated heterocycles. The van der Waals surface area contributed by atoms with Gasteiger partial charge in [0.05, 0.1) is 4.90 Å². The van der Waals surface area contributed by atoms with E-state index in [1.165, 1.54) is 27.8 Å². The number of anilines is 1. The van der Waals surface area contributed by atoms with Gasteiger partial charge in [0.25, 0.3) is 0 Å². The van der Waals surface area contributed by atoms with E-state index >= 15 is 0 Å². The molecule has 0 spiro atoms. The summed E-state index contributed by atoms with van der Waals surface area (Å²) in [5.41, 5.74) is 7.95. The number of piperidine rings is 1. The Kier molecular flexibility index (Phi) is 6.04. The SMILES string of the molecule is Cc1cccc(-c2ccc(C3CCN(S(=O)(=O)c4ccc5c(c4)CCC(=O)N5)CC3)cc2)c1C. The minimum absolute atomic E-state index is 0.0211. The molecule has 0 aromatic heterocycles. The van der Waals surface area contributed by atoms with E-state index in [9.17, 15) is 13.2 Å². The van der Waals surface area contributed by atoms with Crippen molar-refractivity contribution in [2.24, 2.45) is 0 Å². The summed E-state index contributed by atoms with van der Waals surface area (Å²) in [4.78, 5) is 11.9. The van der Waals surface area contributed by atoms with Crippen LogP contribution in [0.5, 0.6) is 0 Å². The number of amides is 1. The molecule has 5 rings (SSSR count). The summed E-state index contributed by atoms with van der Waals surface area (Å²) in [5, 5.41) is 2.81. The molecular weight excluding hydrogens is 444 g/mol. The maximum absolute atomic E-state index is 13.3. The molecule has 3 aromatic rings. The van der Waals surface area contributed by atoms with Gasteiger partial charge in [-0.25, -0.2) is 8.42 Å². The lowest BCUT2D eigenvalue weighted by Crippen LogP contribution is -2.38. The molecule has 34 heavy (non-hydrogen) atoms. The van der Waals surface area contributed by atoms with Crippen LogP contribution in [0.15, 0.2) is 65.6 Å². The van der Waals surface area contributed by atoms with Crippen LogP contribution in [0, 0.1) is 13.8 Å². The van der Waals surface area contributed by atoms with Crippen molar-refractivity contribution < 1.29 is 13.2 Å². The molecule has 0 bridgehead atoms. The zero-order valence-electron chi connectivity index (χ0n) is 19.7. The van der Waals surface area contributed by atoms with Crippen LogP contribution < -0.4 is 5.32 Å². The molecule has 2 aliphatic rings. The standard InChI is InChI=1S/C28H30N2O3S/c1-19-4-3-5-26(20(19)2)23-8-6-21(7-9-23)22-14-16-30(17-15-22)34(32,33)25-11-12-27-24(18-25)10-13-28(31)29-27/h3-9,11-12,18,22H,10,13-17H2,1-2H3,(H,29,31). The molecular formula is C28H30N2O3S. The van der Waals surface area contributed by atoms with Crippen LogP contribution in [0.1, 0.15) is 47.4 Å². The third-order valence-corrected chi connectivity index (χ3v) is 9.26. The van der Waals surface area contributed by atoms with Crippen LogP contribution in [-0.2, 0) is 21.2 Å². The lowest BCUT2D eigenvalue weighted by molar-refractivity contribution is -0.116. The van der Waals surface area contributed by atoms with Gasteiger partial charge in [0, 0.05) is 25.2 Å². The minimum Gasteiger partial charge on any atom is -0.326 e. The molecule has 0 radical (unpaired) electrons. The van der Waals surface area contributed by atoms with Crippen LogP contribution in [0.25, 0.3) is 11.1 Å². The highest BCUT2D eigenvalue weighted by molar-refractivity contribution is 7.89. The van der Waals surface area contributed by atoms with Crippen LogP contribution in [0.4, 0.5) is 5.69 Å². The Morgan fingerprint density at radius 3 is 2.38 bits per heavy atom. The number of nitrogens with zero attached hydrogens (tertiary/aromatic N) is 1. The van der Waals surface area contributed by atoms with E-state index in [-0.39, 0.29) is 5.91 Å². The number of carbonyl (C=O) groups is 1. The molecule has 5 nitrogen and oxygen atoms in total. The van der Waals surface area contributed by atoms with E-state index in [4.69, 9.17) is 0 Å². The van der Waals surface area contributed by atoms with E-state index < -0.39 is 10.0 Å². The molecule has 2 aliphatic heterocycles. The summed E-state index contributed by atoms with van der Waals surface area (Å²) in [6.07, 6.45) is 2.58. The molecule has 2 heterocycles. The molecule has 0 aliphatic carbocycles. The molecule has 1 amide bonds. The second kappa shape index (κ2) is 9.01. The maximum Gasteiger partial charge on any atom is 0.243 e. The summed E-state index contributed by atoms with van der Waals surface area (Å²) in [7, 11) is -3.55. The molecule has 176 valence electrons. The molecule has 3 aromatic carbocycles. The number of rotatable bonds is 4. The van der Waals surface area contributed by atoms with Gasteiger partial charge in [-0.2, -0.15) is 4.31 Å². The van der Waals surface area contributed by atoms with Crippen molar-refractivity contribution in [2.75, 3.05) is 18.4 Å². The van der Waals surface area contributed by atoms with Gasteiger partial charge in [-0.15, -0.1) is 0 Å². The summed E-state index contributed by atoms with van der Waals surface area (Å²) < 4.78 is 28.2. The van der Waals surface area contributed by atoms with Gasteiger partial charge in [0.1, 0.15) is 0 Å². The first-order chi connectivity index (χ1) is 16.3. The first-order valence-electron chi connectivity index (χ1n) is 11.9. The lowest BCUT2D eigenvalue weighted by atomic mass is 9.88. The number of aryl methyl sites for hydroxylation is 2. The molecule has 1 fully saturated rings. The summed E-state index contributed by atoms with van der Waals surface area (Å²) in [6, 6.07) is 20.2. The first-order valence-corrected chi connectivity index (χ1v) is 13.4. The molecule has 0 unspecified atom stereocenters. The van der Waals surface area contributed by atoms with Gasteiger partial charge in [0.15, 0.2) is 0 Å². The predicted molar refractivity (Wildman–Crippen MR) is 135 cm³/mol. The topological polar surface area (TPSA) is 66.5 Å². The van der Waals surface area contributed by atoms with E-state index in [0.29, 0.717) is 36.7 Å². The monoisotopic (exact) mass is 474 g/mol. The lowest BCUT2D eigenvalue weighted by Gasteiger charge is -2.32. The largest absolute Gasteiger partial charge is 0.326 e.